The molecule has 2 rings (SSSR count). The second-order valence-electron chi connectivity index (χ2n) is 3.89. The molecule has 0 aliphatic carbocycles. The van der Waals surface area contributed by atoms with E-state index in [1.54, 1.807) is 12.1 Å². The van der Waals surface area contributed by atoms with Crippen LogP contribution >= 0.6 is 0 Å². The predicted molar refractivity (Wildman–Crippen MR) is 70.2 cm³/mol. The van der Waals surface area contributed by atoms with E-state index in [9.17, 15) is 13.2 Å². The Bertz CT molecular complexity index is 646. The Morgan fingerprint density at radius 1 is 0.947 bits per heavy atom. The molecule has 0 atom stereocenters. The maximum Gasteiger partial charge on any atom is 0.297 e. The summed E-state index contributed by atoms with van der Waals surface area (Å²) in [6.07, 6.45) is 0.654. The topological polar surface area (TPSA) is 60.4 Å². The lowest BCUT2D eigenvalue weighted by Crippen LogP contribution is -2.06. The maximum atomic E-state index is 11.9. The van der Waals surface area contributed by atoms with Gasteiger partial charge in [-0.15, -0.1) is 0 Å². The van der Waals surface area contributed by atoms with Gasteiger partial charge in [0.05, 0.1) is 11.5 Å². The van der Waals surface area contributed by atoms with Crippen LogP contribution in [0, 0.1) is 0 Å². The summed E-state index contributed by atoms with van der Waals surface area (Å²) in [4.78, 5) is 10.5. The molecule has 0 spiro atoms. The highest BCUT2D eigenvalue weighted by Gasteiger charge is 2.14. The first-order valence-electron chi connectivity index (χ1n) is 5.60. The number of rotatable bonds is 5. The van der Waals surface area contributed by atoms with Crippen molar-refractivity contribution in [1.29, 1.82) is 0 Å². The number of hydrogen-bond acceptors (Lipinski definition) is 4. The SMILES string of the molecule is O=Cc1ccc(S(=O)(=O)OCc2ccccc2)cc1. The summed E-state index contributed by atoms with van der Waals surface area (Å²) in [6, 6.07) is 14.6. The van der Waals surface area contributed by atoms with Gasteiger partial charge in [-0.05, 0) is 17.7 Å². The summed E-state index contributed by atoms with van der Waals surface area (Å²) in [7, 11) is -3.80. The van der Waals surface area contributed by atoms with Crippen molar-refractivity contribution >= 4 is 16.4 Å². The zero-order valence-electron chi connectivity index (χ0n) is 10.0. The molecule has 0 aliphatic rings. The molecule has 0 aromatic heterocycles. The summed E-state index contributed by atoms with van der Waals surface area (Å²) in [6.45, 7) is -0.0153. The van der Waals surface area contributed by atoms with Crippen LogP contribution in [-0.4, -0.2) is 14.7 Å². The molecular weight excluding hydrogens is 264 g/mol. The smallest absolute Gasteiger partial charge is 0.297 e. The molecule has 0 N–H and O–H groups in total. The van der Waals surface area contributed by atoms with Gasteiger partial charge < -0.3 is 0 Å². The molecule has 0 heterocycles. The second kappa shape index (κ2) is 5.77. The Hall–Kier alpha value is -1.98. The van der Waals surface area contributed by atoms with Crippen LogP contribution < -0.4 is 0 Å². The van der Waals surface area contributed by atoms with Gasteiger partial charge in [0, 0.05) is 5.56 Å². The first kappa shape index (κ1) is 13.5. The molecule has 19 heavy (non-hydrogen) atoms. The molecule has 0 bridgehead atoms. The van der Waals surface area contributed by atoms with Gasteiger partial charge in [-0.3, -0.25) is 8.98 Å². The molecule has 2 aromatic rings. The number of carbonyl (C=O) groups excluding carboxylic acids is 1. The largest absolute Gasteiger partial charge is 0.298 e. The maximum absolute atomic E-state index is 11.9. The fourth-order valence-electron chi connectivity index (χ4n) is 1.50. The van der Waals surface area contributed by atoms with E-state index in [1.807, 2.05) is 18.2 Å². The highest BCUT2D eigenvalue weighted by Crippen LogP contribution is 2.15. The molecular formula is C14H12O4S. The lowest BCUT2D eigenvalue weighted by molar-refractivity contribution is 0.112. The van der Waals surface area contributed by atoms with Gasteiger partial charge in [0.1, 0.15) is 6.29 Å². The first-order chi connectivity index (χ1) is 9.12. The van der Waals surface area contributed by atoms with Crippen LogP contribution in [0.3, 0.4) is 0 Å². The molecule has 98 valence electrons. The van der Waals surface area contributed by atoms with Crippen molar-refractivity contribution < 1.29 is 17.4 Å². The van der Waals surface area contributed by atoms with E-state index in [-0.39, 0.29) is 11.5 Å². The molecule has 0 radical (unpaired) electrons. The van der Waals surface area contributed by atoms with Crippen LogP contribution in [0.15, 0.2) is 59.5 Å². The zero-order valence-corrected chi connectivity index (χ0v) is 10.8. The summed E-state index contributed by atoms with van der Waals surface area (Å²) in [5, 5.41) is 0. The normalized spacial score (nSPS) is 11.2. The molecule has 4 nitrogen and oxygen atoms in total. The van der Waals surface area contributed by atoms with Crippen molar-refractivity contribution in [2.45, 2.75) is 11.5 Å². The third-order valence-corrected chi connectivity index (χ3v) is 3.81. The zero-order chi connectivity index (χ0) is 13.7. The molecule has 0 saturated carbocycles. The van der Waals surface area contributed by atoms with Crippen LogP contribution in [0.1, 0.15) is 15.9 Å². The third-order valence-electron chi connectivity index (χ3n) is 2.53. The van der Waals surface area contributed by atoms with Gasteiger partial charge in [-0.2, -0.15) is 8.42 Å². The highest BCUT2D eigenvalue weighted by molar-refractivity contribution is 7.86. The summed E-state index contributed by atoms with van der Waals surface area (Å²) < 4.78 is 28.7. The summed E-state index contributed by atoms with van der Waals surface area (Å²) in [5.41, 5.74) is 1.19. The van der Waals surface area contributed by atoms with Crippen LogP contribution in [0.5, 0.6) is 0 Å². The fraction of sp³-hybridized carbons (Fsp3) is 0.0714. The molecule has 0 amide bonds. The van der Waals surface area contributed by atoms with Crippen LogP contribution in [0.25, 0.3) is 0 Å². The average molecular weight is 276 g/mol. The minimum absolute atomic E-state index is 0.0153. The Balaban J connectivity index is 2.11. The van der Waals surface area contributed by atoms with E-state index in [0.29, 0.717) is 11.8 Å². The van der Waals surface area contributed by atoms with E-state index in [4.69, 9.17) is 4.18 Å². The lowest BCUT2D eigenvalue weighted by Gasteiger charge is -2.05. The molecule has 0 aliphatic heterocycles. The van der Waals surface area contributed by atoms with Crippen molar-refractivity contribution in [1.82, 2.24) is 0 Å². The number of carbonyl (C=O) groups is 1. The Morgan fingerprint density at radius 3 is 2.16 bits per heavy atom. The van der Waals surface area contributed by atoms with Gasteiger partial charge in [0.15, 0.2) is 0 Å². The van der Waals surface area contributed by atoms with Gasteiger partial charge in [0.2, 0.25) is 0 Å². The average Bonchev–Trinajstić information content (AvgIpc) is 2.46. The van der Waals surface area contributed by atoms with Crippen molar-refractivity contribution in [3.63, 3.8) is 0 Å². The quantitative estimate of drug-likeness (QED) is 0.621. The third kappa shape index (κ3) is 3.49. The summed E-state index contributed by atoms with van der Waals surface area (Å²) >= 11 is 0. The molecule has 2 aromatic carbocycles. The lowest BCUT2D eigenvalue weighted by atomic mass is 10.2. The van der Waals surface area contributed by atoms with Gasteiger partial charge >= 0.3 is 0 Å². The predicted octanol–water partition coefficient (Wildman–Crippen LogP) is 2.40. The molecule has 0 saturated heterocycles. The van der Waals surface area contributed by atoms with Crippen molar-refractivity contribution in [2.75, 3.05) is 0 Å². The number of aldehydes is 1. The fourth-order valence-corrected chi connectivity index (χ4v) is 2.40. The van der Waals surface area contributed by atoms with E-state index in [0.717, 1.165) is 5.56 Å². The van der Waals surface area contributed by atoms with Crippen LogP contribution in [0.4, 0.5) is 0 Å². The standard InChI is InChI=1S/C14H12O4S/c15-10-12-6-8-14(9-7-12)19(16,17)18-11-13-4-2-1-3-5-13/h1-10H,11H2. The van der Waals surface area contributed by atoms with Crippen molar-refractivity contribution in [3.8, 4) is 0 Å². The minimum Gasteiger partial charge on any atom is -0.298 e. The van der Waals surface area contributed by atoms with Gasteiger partial charge in [0.25, 0.3) is 10.1 Å². The second-order valence-corrected chi connectivity index (χ2v) is 5.50. The van der Waals surface area contributed by atoms with Crippen molar-refractivity contribution in [3.05, 3.63) is 65.7 Å². The van der Waals surface area contributed by atoms with Crippen LogP contribution in [0.2, 0.25) is 0 Å². The number of benzene rings is 2. The van der Waals surface area contributed by atoms with E-state index in [1.165, 1.54) is 24.3 Å². The monoisotopic (exact) mass is 276 g/mol. The van der Waals surface area contributed by atoms with E-state index >= 15 is 0 Å². The molecule has 5 heteroatoms. The first-order valence-corrected chi connectivity index (χ1v) is 7.01. The number of hydrogen-bond donors (Lipinski definition) is 0. The Labute approximate surface area is 111 Å². The van der Waals surface area contributed by atoms with Gasteiger partial charge in [-0.1, -0.05) is 42.5 Å². The molecule has 0 unspecified atom stereocenters. The van der Waals surface area contributed by atoms with Gasteiger partial charge in [-0.25, -0.2) is 0 Å². The Morgan fingerprint density at radius 2 is 1.58 bits per heavy atom. The Kier molecular flexibility index (Phi) is 4.09. The van der Waals surface area contributed by atoms with Crippen molar-refractivity contribution in [2.24, 2.45) is 0 Å². The van der Waals surface area contributed by atoms with Crippen LogP contribution in [-0.2, 0) is 20.9 Å². The van der Waals surface area contributed by atoms with E-state index in [2.05, 4.69) is 0 Å². The van der Waals surface area contributed by atoms with E-state index < -0.39 is 10.1 Å². The minimum atomic E-state index is -3.80. The molecule has 0 fully saturated rings. The summed E-state index contributed by atoms with van der Waals surface area (Å²) in [5.74, 6) is 0. The highest BCUT2D eigenvalue weighted by atomic mass is 32.2.